The Balaban J connectivity index is 2.24. The molecule has 0 aliphatic rings. The van der Waals surface area contributed by atoms with Crippen molar-refractivity contribution < 1.29 is 26.4 Å². The molecule has 0 aromatic heterocycles. The van der Waals surface area contributed by atoms with Crippen LogP contribution in [0.15, 0.2) is 58.3 Å². The van der Waals surface area contributed by atoms with Crippen molar-refractivity contribution in [3.8, 4) is 0 Å². The van der Waals surface area contributed by atoms with E-state index in [2.05, 4.69) is 4.72 Å². The lowest BCUT2D eigenvalue weighted by Crippen LogP contribution is -2.14. The SMILES string of the molecule is CC(=O)c1ccc(S(=O)(=O)Nc2ccccc2SCC(F)(F)F)cc1. The van der Waals surface area contributed by atoms with Crippen LogP contribution in [0.5, 0.6) is 0 Å². The third-order valence-corrected chi connectivity index (χ3v) is 5.61. The van der Waals surface area contributed by atoms with Crippen molar-refractivity contribution >= 4 is 33.3 Å². The molecule has 0 bridgehead atoms. The molecule has 0 unspecified atom stereocenters. The van der Waals surface area contributed by atoms with Crippen molar-refractivity contribution in [1.29, 1.82) is 0 Å². The lowest BCUT2D eigenvalue weighted by molar-refractivity contribution is -0.105. The maximum atomic E-state index is 12.4. The van der Waals surface area contributed by atoms with Crippen LogP contribution in [-0.2, 0) is 10.0 Å². The van der Waals surface area contributed by atoms with E-state index in [1.54, 1.807) is 0 Å². The van der Waals surface area contributed by atoms with Gasteiger partial charge in [0.05, 0.1) is 16.3 Å². The minimum absolute atomic E-state index is 0.0624. The number of rotatable bonds is 6. The van der Waals surface area contributed by atoms with Gasteiger partial charge in [0.2, 0.25) is 0 Å². The van der Waals surface area contributed by atoms with Crippen LogP contribution in [0.1, 0.15) is 17.3 Å². The molecular weight excluding hydrogens is 375 g/mol. The summed E-state index contributed by atoms with van der Waals surface area (Å²) in [6, 6.07) is 11.1. The van der Waals surface area contributed by atoms with Gasteiger partial charge in [0.1, 0.15) is 0 Å². The number of nitrogens with one attached hydrogen (secondary N) is 1. The van der Waals surface area contributed by atoms with Crippen LogP contribution in [0.4, 0.5) is 18.9 Å². The first-order valence-electron chi connectivity index (χ1n) is 7.01. The number of sulfonamides is 1. The van der Waals surface area contributed by atoms with Gasteiger partial charge in [-0.05, 0) is 31.2 Å². The number of thioether (sulfide) groups is 1. The highest BCUT2D eigenvalue weighted by Crippen LogP contribution is 2.33. The highest BCUT2D eigenvalue weighted by molar-refractivity contribution is 7.99. The van der Waals surface area contributed by atoms with Crippen LogP contribution < -0.4 is 4.72 Å². The van der Waals surface area contributed by atoms with Crippen molar-refractivity contribution in [1.82, 2.24) is 0 Å². The third-order valence-electron chi connectivity index (χ3n) is 3.09. The van der Waals surface area contributed by atoms with Crippen molar-refractivity contribution in [2.75, 3.05) is 10.5 Å². The van der Waals surface area contributed by atoms with Gasteiger partial charge in [-0.3, -0.25) is 9.52 Å². The van der Waals surface area contributed by atoms with Gasteiger partial charge in [-0.15, -0.1) is 11.8 Å². The zero-order valence-corrected chi connectivity index (χ0v) is 14.6. The molecule has 1 N–H and O–H groups in total. The first kappa shape index (κ1) is 19.3. The van der Waals surface area contributed by atoms with Gasteiger partial charge < -0.3 is 0 Å². The molecule has 2 aromatic rings. The molecule has 0 radical (unpaired) electrons. The third kappa shape index (κ3) is 5.50. The minimum atomic E-state index is -4.36. The average Bonchev–Trinajstić information content (AvgIpc) is 2.53. The number of ketones is 1. The Labute approximate surface area is 147 Å². The van der Waals surface area contributed by atoms with Crippen LogP contribution >= 0.6 is 11.8 Å². The number of para-hydroxylation sites is 1. The number of carbonyl (C=O) groups is 1. The quantitative estimate of drug-likeness (QED) is 0.590. The van der Waals surface area contributed by atoms with Crippen molar-refractivity contribution in [3.05, 3.63) is 54.1 Å². The molecule has 9 heteroatoms. The Hall–Kier alpha value is -2.00. The van der Waals surface area contributed by atoms with Gasteiger partial charge >= 0.3 is 6.18 Å². The van der Waals surface area contributed by atoms with Gasteiger partial charge in [-0.25, -0.2) is 8.42 Å². The summed E-state index contributed by atoms with van der Waals surface area (Å²) in [5.74, 6) is -1.33. The first-order chi connectivity index (χ1) is 11.6. The fourth-order valence-corrected chi connectivity index (χ4v) is 3.82. The number of Topliss-reactive ketones (excluding diaryl/α,β-unsaturated/α-hetero) is 1. The molecule has 0 saturated carbocycles. The summed E-state index contributed by atoms with van der Waals surface area (Å²) < 4.78 is 64.3. The lowest BCUT2D eigenvalue weighted by atomic mass is 10.2. The Morgan fingerprint density at radius 2 is 1.68 bits per heavy atom. The highest BCUT2D eigenvalue weighted by atomic mass is 32.2. The smallest absolute Gasteiger partial charge is 0.295 e. The van der Waals surface area contributed by atoms with Crippen molar-refractivity contribution in [2.24, 2.45) is 0 Å². The van der Waals surface area contributed by atoms with Gasteiger partial charge in [0.25, 0.3) is 10.0 Å². The molecule has 0 heterocycles. The van der Waals surface area contributed by atoms with E-state index in [1.165, 1.54) is 55.5 Å². The summed E-state index contributed by atoms with van der Waals surface area (Å²) >= 11 is 0.500. The fraction of sp³-hybridized carbons (Fsp3) is 0.188. The van der Waals surface area contributed by atoms with Crippen LogP contribution in [0.2, 0.25) is 0 Å². The van der Waals surface area contributed by atoms with E-state index >= 15 is 0 Å². The van der Waals surface area contributed by atoms with Gasteiger partial charge in [-0.2, -0.15) is 13.2 Å². The second-order valence-corrected chi connectivity index (χ2v) is 7.79. The Morgan fingerprint density at radius 3 is 2.24 bits per heavy atom. The first-order valence-corrected chi connectivity index (χ1v) is 9.48. The summed E-state index contributed by atoms with van der Waals surface area (Å²) in [6.45, 7) is 1.36. The average molecular weight is 389 g/mol. The summed E-state index contributed by atoms with van der Waals surface area (Å²) in [5, 5.41) is 0. The molecule has 2 aromatic carbocycles. The molecule has 25 heavy (non-hydrogen) atoms. The van der Waals surface area contributed by atoms with E-state index in [-0.39, 0.29) is 21.3 Å². The van der Waals surface area contributed by atoms with Crippen molar-refractivity contribution in [3.63, 3.8) is 0 Å². The minimum Gasteiger partial charge on any atom is -0.295 e. The number of carbonyl (C=O) groups excluding carboxylic acids is 1. The second kappa shape index (κ2) is 7.49. The lowest BCUT2D eigenvalue weighted by Gasteiger charge is -2.13. The van der Waals surface area contributed by atoms with Crippen LogP contribution in [0, 0.1) is 0 Å². The monoisotopic (exact) mass is 389 g/mol. The van der Waals surface area contributed by atoms with E-state index < -0.39 is 22.0 Å². The summed E-state index contributed by atoms with van der Waals surface area (Å²) in [7, 11) is -3.99. The second-order valence-electron chi connectivity index (χ2n) is 5.09. The van der Waals surface area contributed by atoms with Crippen LogP contribution in [-0.4, -0.2) is 26.1 Å². The molecule has 0 saturated heterocycles. The van der Waals surface area contributed by atoms with E-state index in [0.717, 1.165) is 0 Å². The summed E-state index contributed by atoms with van der Waals surface area (Å²) in [4.78, 5) is 11.3. The number of hydrogen-bond donors (Lipinski definition) is 1. The predicted molar refractivity (Wildman–Crippen MR) is 90.5 cm³/mol. The molecule has 0 amide bonds. The molecular formula is C16H14F3NO3S2. The molecule has 0 fully saturated rings. The molecule has 134 valence electrons. The van der Waals surface area contributed by atoms with Crippen LogP contribution in [0.3, 0.4) is 0 Å². The number of hydrogen-bond acceptors (Lipinski definition) is 4. The largest absolute Gasteiger partial charge is 0.398 e. The van der Waals surface area contributed by atoms with E-state index in [1.807, 2.05) is 0 Å². The maximum Gasteiger partial charge on any atom is 0.398 e. The Morgan fingerprint density at radius 1 is 1.08 bits per heavy atom. The molecule has 0 spiro atoms. The van der Waals surface area contributed by atoms with Crippen LogP contribution in [0.25, 0.3) is 0 Å². The predicted octanol–water partition coefficient (Wildman–Crippen LogP) is 4.34. The molecule has 0 aliphatic carbocycles. The molecule has 2 rings (SSSR count). The number of halogens is 3. The van der Waals surface area contributed by atoms with E-state index in [4.69, 9.17) is 0 Å². The van der Waals surface area contributed by atoms with Gasteiger partial charge in [0, 0.05) is 10.5 Å². The Bertz CT molecular complexity index is 863. The number of anilines is 1. The van der Waals surface area contributed by atoms with Gasteiger partial charge in [-0.1, -0.05) is 24.3 Å². The number of alkyl halides is 3. The molecule has 0 aliphatic heterocycles. The number of benzene rings is 2. The fourth-order valence-electron chi connectivity index (χ4n) is 1.91. The summed E-state index contributed by atoms with van der Waals surface area (Å²) in [5.41, 5.74) is 0.424. The van der Waals surface area contributed by atoms with E-state index in [9.17, 15) is 26.4 Å². The highest BCUT2D eigenvalue weighted by Gasteiger charge is 2.28. The van der Waals surface area contributed by atoms with Crippen molar-refractivity contribution in [2.45, 2.75) is 22.9 Å². The normalized spacial score (nSPS) is 12.0. The topological polar surface area (TPSA) is 63.2 Å². The van der Waals surface area contributed by atoms with E-state index in [0.29, 0.717) is 17.3 Å². The zero-order chi connectivity index (χ0) is 18.7. The molecule has 4 nitrogen and oxygen atoms in total. The zero-order valence-electron chi connectivity index (χ0n) is 13.0. The van der Waals surface area contributed by atoms with Gasteiger partial charge in [0.15, 0.2) is 5.78 Å². The standard InChI is InChI=1S/C16H14F3NO3S2/c1-11(21)12-6-8-13(9-7-12)25(22,23)20-14-4-2-3-5-15(14)24-10-16(17,18)19/h2-9,20H,10H2,1H3. The maximum absolute atomic E-state index is 12.4. The summed E-state index contributed by atoms with van der Waals surface area (Å²) in [6.07, 6.45) is -4.36. The Kier molecular flexibility index (Phi) is 5.79. The molecule has 0 atom stereocenters.